The van der Waals surface area contributed by atoms with Gasteiger partial charge in [0, 0.05) is 11.6 Å². The lowest BCUT2D eigenvalue weighted by Crippen LogP contribution is -2.38. The van der Waals surface area contributed by atoms with Crippen molar-refractivity contribution >= 4 is 17.6 Å². The molecule has 24 heavy (non-hydrogen) atoms. The second kappa shape index (κ2) is 9.13. The van der Waals surface area contributed by atoms with Crippen LogP contribution in [0.1, 0.15) is 11.1 Å². The summed E-state index contributed by atoms with van der Waals surface area (Å²) in [7, 11) is 0. The first kappa shape index (κ1) is 18.1. The van der Waals surface area contributed by atoms with Gasteiger partial charge in [-0.05, 0) is 54.8 Å². The molecule has 6 heteroatoms. The van der Waals surface area contributed by atoms with Crippen LogP contribution in [0.3, 0.4) is 0 Å². The zero-order valence-corrected chi connectivity index (χ0v) is 14.2. The molecule has 4 nitrogen and oxygen atoms in total. The molecule has 0 saturated heterocycles. The van der Waals surface area contributed by atoms with Crippen molar-refractivity contribution in [3.05, 3.63) is 64.4 Å². The lowest BCUT2D eigenvalue weighted by atomic mass is 10.1. The summed E-state index contributed by atoms with van der Waals surface area (Å²) in [4.78, 5) is 11.7. The number of halogens is 2. The average Bonchev–Trinajstić information content (AvgIpc) is 2.55. The van der Waals surface area contributed by atoms with Gasteiger partial charge in [0.1, 0.15) is 18.2 Å². The average molecular weight is 351 g/mol. The van der Waals surface area contributed by atoms with Gasteiger partial charge in [-0.15, -0.1) is 0 Å². The van der Waals surface area contributed by atoms with Crippen LogP contribution in [0, 0.1) is 12.7 Å². The maximum absolute atomic E-state index is 12.8. The number of carbonyl (C=O) groups excluding carboxylic acids is 1. The summed E-state index contributed by atoms with van der Waals surface area (Å²) in [6.07, 6.45) is 0.647. The lowest BCUT2D eigenvalue weighted by molar-refractivity contribution is 0.236. The topological polar surface area (TPSA) is 50.4 Å². The third-order valence-electron chi connectivity index (χ3n) is 3.39. The summed E-state index contributed by atoms with van der Waals surface area (Å²) in [5, 5.41) is 6.13. The minimum Gasteiger partial charge on any atom is -0.491 e. The van der Waals surface area contributed by atoms with E-state index < -0.39 is 0 Å². The van der Waals surface area contributed by atoms with E-state index in [-0.39, 0.29) is 11.8 Å². The lowest BCUT2D eigenvalue weighted by Gasteiger charge is -2.11. The van der Waals surface area contributed by atoms with Gasteiger partial charge >= 0.3 is 6.03 Å². The first-order chi connectivity index (χ1) is 11.5. The Morgan fingerprint density at radius 3 is 2.54 bits per heavy atom. The second-order valence-corrected chi connectivity index (χ2v) is 5.75. The van der Waals surface area contributed by atoms with E-state index in [4.69, 9.17) is 16.3 Å². The van der Waals surface area contributed by atoms with Gasteiger partial charge in [-0.3, -0.25) is 0 Å². The fourth-order valence-corrected chi connectivity index (χ4v) is 2.36. The van der Waals surface area contributed by atoms with Crippen LogP contribution in [0.2, 0.25) is 5.02 Å². The van der Waals surface area contributed by atoms with Gasteiger partial charge in [-0.2, -0.15) is 0 Å². The van der Waals surface area contributed by atoms with Crippen molar-refractivity contribution in [3.8, 4) is 5.75 Å². The maximum atomic E-state index is 12.8. The zero-order chi connectivity index (χ0) is 17.4. The van der Waals surface area contributed by atoms with Gasteiger partial charge < -0.3 is 15.4 Å². The van der Waals surface area contributed by atoms with E-state index >= 15 is 0 Å². The Bertz CT molecular complexity index is 677. The molecule has 2 aromatic rings. The molecule has 0 saturated carbocycles. The Morgan fingerprint density at radius 1 is 1.12 bits per heavy atom. The molecule has 0 aromatic heterocycles. The van der Waals surface area contributed by atoms with Crippen molar-refractivity contribution in [2.45, 2.75) is 13.3 Å². The molecule has 2 aromatic carbocycles. The van der Waals surface area contributed by atoms with E-state index in [1.807, 2.05) is 13.0 Å². The molecular formula is C18H20ClFN2O2. The maximum Gasteiger partial charge on any atom is 0.314 e. The van der Waals surface area contributed by atoms with Crippen molar-refractivity contribution in [1.29, 1.82) is 0 Å². The van der Waals surface area contributed by atoms with Crippen LogP contribution in [0.25, 0.3) is 0 Å². The molecule has 2 amide bonds. The summed E-state index contributed by atoms with van der Waals surface area (Å²) >= 11 is 5.88. The predicted molar refractivity (Wildman–Crippen MR) is 93.2 cm³/mol. The Balaban J connectivity index is 1.60. The van der Waals surface area contributed by atoms with E-state index in [1.165, 1.54) is 12.1 Å². The molecule has 0 aliphatic carbocycles. The first-order valence-corrected chi connectivity index (χ1v) is 8.07. The third kappa shape index (κ3) is 6.08. The summed E-state index contributed by atoms with van der Waals surface area (Å²) in [5.74, 6) is 0.485. The highest BCUT2D eigenvalue weighted by Crippen LogP contribution is 2.21. The van der Waals surface area contributed by atoms with E-state index in [9.17, 15) is 9.18 Å². The summed E-state index contributed by atoms with van der Waals surface area (Å²) in [5.41, 5.74) is 1.92. The van der Waals surface area contributed by atoms with Crippen LogP contribution < -0.4 is 15.4 Å². The standard InChI is InChI=1S/C18H20ClFN2O2/c1-13-12-15(19)4-7-17(13)24-11-10-22-18(23)21-9-8-14-2-5-16(20)6-3-14/h2-7,12H,8-11H2,1H3,(H2,21,22,23). The molecule has 128 valence electrons. The van der Waals surface area contributed by atoms with Crippen LogP contribution >= 0.6 is 11.6 Å². The molecule has 0 radical (unpaired) electrons. The zero-order valence-electron chi connectivity index (χ0n) is 13.4. The molecule has 0 aliphatic heterocycles. The van der Waals surface area contributed by atoms with Crippen LogP contribution in [0.15, 0.2) is 42.5 Å². The number of benzene rings is 2. The number of hydrogen-bond donors (Lipinski definition) is 2. The summed E-state index contributed by atoms with van der Waals surface area (Å²) in [6, 6.07) is 11.4. The number of rotatable bonds is 7. The minimum atomic E-state index is -0.264. The highest BCUT2D eigenvalue weighted by Gasteiger charge is 2.02. The van der Waals surface area contributed by atoms with Crippen molar-refractivity contribution in [2.24, 2.45) is 0 Å². The number of urea groups is 1. The van der Waals surface area contributed by atoms with Crippen LogP contribution in [0.5, 0.6) is 5.75 Å². The third-order valence-corrected chi connectivity index (χ3v) is 3.63. The van der Waals surface area contributed by atoms with Crippen molar-refractivity contribution < 1.29 is 13.9 Å². The Kier molecular flexibility index (Phi) is 6.88. The quantitative estimate of drug-likeness (QED) is 0.748. The molecule has 0 unspecified atom stereocenters. The number of aryl methyl sites for hydroxylation is 1. The number of amides is 2. The summed E-state index contributed by atoms with van der Waals surface area (Å²) < 4.78 is 18.4. The normalized spacial score (nSPS) is 10.3. The molecule has 0 fully saturated rings. The van der Waals surface area contributed by atoms with Gasteiger partial charge in [-0.25, -0.2) is 9.18 Å². The second-order valence-electron chi connectivity index (χ2n) is 5.32. The molecule has 0 spiro atoms. The fourth-order valence-electron chi connectivity index (χ4n) is 2.13. The highest BCUT2D eigenvalue weighted by atomic mass is 35.5. The van der Waals surface area contributed by atoms with Crippen molar-refractivity contribution in [3.63, 3.8) is 0 Å². The Labute approximate surface area is 146 Å². The Morgan fingerprint density at radius 2 is 1.83 bits per heavy atom. The monoisotopic (exact) mass is 350 g/mol. The number of carbonyl (C=O) groups is 1. The molecule has 0 heterocycles. The SMILES string of the molecule is Cc1cc(Cl)ccc1OCCNC(=O)NCCc1ccc(F)cc1. The van der Waals surface area contributed by atoms with Gasteiger partial charge in [0.05, 0.1) is 6.54 Å². The first-order valence-electron chi connectivity index (χ1n) is 7.69. The number of nitrogens with one attached hydrogen (secondary N) is 2. The molecule has 0 atom stereocenters. The molecule has 2 rings (SSSR count). The van der Waals surface area contributed by atoms with Gasteiger partial charge in [-0.1, -0.05) is 23.7 Å². The highest BCUT2D eigenvalue weighted by molar-refractivity contribution is 6.30. The predicted octanol–water partition coefficient (Wildman–Crippen LogP) is 3.71. The molecular weight excluding hydrogens is 331 g/mol. The van der Waals surface area contributed by atoms with E-state index in [1.54, 1.807) is 24.3 Å². The van der Waals surface area contributed by atoms with E-state index in [0.717, 1.165) is 16.9 Å². The van der Waals surface area contributed by atoms with Crippen LogP contribution in [-0.4, -0.2) is 25.7 Å². The van der Waals surface area contributed by atoms with E-state index in [2.05, 4.69) is 10.6 Å². The van der Waals surface area contributed by atoms with Crippen molar-refractivity contribution in [2.75, 3.05) is 19.7 Å². The fraction of sp³-hybridized carbons (Fsp3) is 0.278. The minimum absolute atomic E-state index is 0.256. The van der Waals surface area contributed by atoms with E-state index in [0.29, 0.717) is 31.1 Å². The number of ether oxygens (including phenoxy) is 1. The Hall–Kier alpha value is -2.27. The van der Waals surface area contributed by atoms with Gasteiger partial charge in [0.2, 0.25) is 0 Å². The van der Waals surface area contributed by atoms with Crippen LogP contribution in [-0.2, 0) is 6.42 Å². The molecule has 2 N–H and O–H groups in total. The van der Waals surface area contributed by atoms with Gasteiger partial charge in [0.15, 0.2) is 0 Å². The summed E-state index contributed by atoms with van der Waals surface area (Å²) in [6.45, 7) is 3.16. The molecule has 0 bridgehead atoms. The molecule has 0 aliphatic rings. The largest absolute Gasteiger partial charge is 0.491 e. The van der Waals surface area contributed by atoms with Crippen LogP contribution in [0.4, 0.5) is 9.18 Å². The smallest absolute Gasteiger partial charge is 0.314 e. The van der Waals surface area contributed by atoms with Gasteiger partial charge in [0.25, 0.3) is 0 Å². The number of hydrogen-bond acceptors (Lipinski definition) is 2. The van der Waals surface area contributed by atoms with Crippen molar-refractivity contribution in [1.82, 2.24) is 10.6 Å².